The van der Waals surface area contributed by atoms with E-state index in [2.05, 4.69) is 38.7 Å². The molecule has 1 N–H and O–H groups in total. The van der Waals surface area contributed by atoms with Gasteiger partial charge in [-0.3, -0.25) is 0 Å². The van der Waals surface area contributed by atoms with E-state index in [-0.39, 0.29) is 0 Å². The highest BCUT2D eigenvalue weighted by Gasteiger charge is 2.14. The van der Waals surface area contributed by atoms with Gasteiger partial charge >= 0.3 is 0 Å². The summed E-state index contributed by atoms with van der Waals surface area (Å²) in [7, 11) is 3.55. The Balaban J connectivity index is 1.49. The number of hydrogen-bond donors (Lipinski definition) is 1. The lowest BCUT2D eigenvalue weighted by molar-refractivity contribution is 0.417. The fourth-order valence-corrected chi connectivity index (χ4v) is 3.70. The molecular weight excluding hydrogens is 366 g/mol. The minimum atomic E-state index is 0.512. The SMILES string of the molecule is COc1cc(-c2nncn2C)ccc1Nc1ncc2ccc(C3=CCCC3)n2n1. The molecule has 29 heavy (non-hydrogen) atoms. The van der Waals surface area contributed by atoms with Crippen LogP contribution in [-0.2, 0) is 7.05 Å². The van der Waals surface area contributed by atoms with Gasteiger partial charge in [-0.1, -0.05) is 6.08 Å². The van der Waals surface area contributed by atoms with Gasteiger partial charge in [-0.15, -0.1) is 15.3 Å². The molecule has 146 valence electrons. The van der Waals surface area contributed by atoms with Crippen LogP contribution < -0.4 is 10.1 Å². The van der Waals surface area contributed by atoms with E-state index in [9.17, 15) is 0 Å². The predicted molar refractivity (Wildman–Crippen MR) is 111 cm³/mol. The van der Waals surface area contributed by atoms with Crippen LogP contribution in [0.3, 0.4) is 0 Å². The van der Waals surface area contributed by atoms with Gasteiger partial charge in [0.2, 0.25) is 5.95 Å². The number of nitrogens with one attached hydrogen (secondary N) is 1. The molecular formula is C21H21N7O. The third-order valence-electron chi connectivity index (χ3n) is 5.19. The first-order valence-electron chi connectivity index (χ1n) is 9.56. The number of aryl methyl sites for hydroxylation is 1. The summed E-state index contributed by atoms with van der Waals surface area (Å²) in [6.45, 7) is 0. The van der Waals surface area contributed by atoms with Gasteiger partial charge in [0.1, 0.15) is 12.1 Å². The maximum atomic E-state index is 5.58. The molecule has 8 heteroatoms. The molecule has 0 saturated heterocycles. The van der Waals surface area contributed by atoms with Crippen molar-refractivity contribution >= 4 is 22.7 Å². The Labute approximate surface area is 167 Å². The van der Waals surface area contributed by atoms with Gasteiger partial charge in [0.15, 0.2) is 5.82 Å². The van der Waals surface area contributed by atoms with Gasteiger partial charge in [0, 0.05) is 12.6 Å². The zero-order valence-electron chi connectivity index (χ0n) is 16.3. The molecule has 0 spiro atoms. The van der Waals surface area contributed by atoms with Gasteiger partial charge in [0.25, 0.3) is 0 Å². The summed E-state index contributed by atoms with van der Waals surface area (Å²) in [5.74, 6) is 1.97. The average Bonchev–Trinajstić information content (AvgIpc) is 3.48. The second-order valence-electron chi connectivity index (χ2n) is 7.06. The Bertz CT molecular complexity index is 1220. The van der Waals surface area contributed by atoms with Crippen molar-refractivity contribution in [3.05, 3.63) is 54.6 Å². The Morgan fingerprint density at radius 3 is 2.86 bits per heavy atom. The monoisotopic (exact) mass is 387 g/mol. The number of rotatable bonds is 5. The molecule has 0 bridgehead atoms. The van der Waals surface area contributed by atoms with E-state index in [0.29, 0.717) is 11.7 Å². The zero-order chi connectivity index (χ0) is 19.8. The van der Waals surface area contributed by atoms with E-state index >= 15 is 0 Å². The van der Waals surface area contributed by atoms with E-state index in [0.717, 1.165) is 41.1 Å². The Hall–Kier alpha value is -3.68. The largest absolute Gasteiger partial charge is 0.495 e. The molecule has 8 nitrogen and oxygen atoms in total. The van der Waals surface area contributed by atoms with Crippen LogP contribution in [0, 0.1) is 0 Å². The molecule has 3 heterocycles. The van der Waals surface area contributed by atoms with Crippen LogP contribution in [0.5, 0.6) is 5.75 Å². The number of allylic oxidation sites excluding steroid dienone is 2. The molecule has 0 unspecified atom stereocenters. The molecule has 5 rings (SSSR count). The summed E-state index contributed by atoms with van der Waals surface area (Å²) in [5.41, 5.74) is 5.16. The molecule has 0 amide bonds. The van der Waals surface area contributed by atoms with Crippen molar-refractivity contribution < 1.29 is 4.74 Å². The third kappa shape index (κ3) is 3.12. The third-order valence-corrected chi connectivity index (χ3v) is 5.19. The van der Waals surface area contributed by atoms with Crippen LogP contribution in [-0.4, -0.2) is 36.5 Å². The molecule has 0 atom stereocenters. The standard InChI is InChI=1S/C21H21N7O/c1-27-13-23-25-20(27)15-7-9-17(19(11-15)29-2)24-21-22-12-16-8-10-18(28(16)26-21)14-5-3-4-6-14/h5,7-13H,3-4,6H2,1-2H3,(H,24,26). The van der Waals surface area contributed by atoms with Crippen molar-refractivity contribution in [2.24, 2.45) is 7.05 Å². The number of fused-ring (bicyclic) bond motifs is 1. The summed E-state index contributed by atoms with van der Waals surface area (Å²) in [5, 5.41) is 16.1. The number of aromatic nitrogens is 6. The smallest absolute Gasteiger partial charge is 0.245 e. The van der Waals surface area contributed by atoms with Crippen LogP contribution in [0.15, 0.2) is 48.9 Å². The number of methoxy groups -OCH3 is 1. The van der Waals surface area contributed by atoms with Gasteiger partial charge < -0.3 is 14.6 Å². The van der Waals surface area contributed by atoms with E-state index in [1.54, 1.807) is 13.4 Å². The van der Waals surface area contributed by atoms with Crippen LogP contribution in [0.2, 0.25) is 0 Å². The van der Waals surface area contributed by atoms with E-state index in [4.69, 9.17) is 9.84 Å². The fraction of sp³-hybridized carbons (Fsp3) is 0.238. The highest BCUT2D eigenvalue weighted by atomic mass is 16.5. The highest BCUT2D eigenvalue weighted by molar-refractivity contribution is 5.71. The first-order valence-corrected chi connectivity index (χ1v) is 9.56. The van der Waals surface area contributed by atoms with Gasteiger partial charge in [-0.2, -0.15) is 0 Å². The molecule has 1 aliphatic carbocycles. The van der Waals surface area contributed by atoms with E-state index in [1.165, 1.54) is 12.0 Å². The normalized spacial score (nSPS) is 13.7. The maximum absolute atomic E-state index is 5.58. The number of benzene rings is 1. The van der Waals surface area contributed by atoms with Crippen molar-refractivity contribution in [3.63, 3.8) is 0 Å². The Morgan fingerprint density at radius 2 is 2.10 bits per heavy atom. The molecule has 1 aliphatic rings. The zero-order valence-corrected chi connectivity index (χ0v) is 16.3. The topological polar surface area (TPSA) is 82.2 Å². The van der Waals surface area contributed by atoms with Crippen LogP contribution in [0.25, 0.3) is 22.5 Å². The summed E-state index contributed by atoms with van der Waals surface area (Å²) in [6, 6.07) is 10.00. The predicted octanol–water partition coefficient (Wildman–Crippen LogP) is 3.84. The molecule has 4 aromatic rings. The number of hydrogen-bond acceptors (Lipinski definition) is 6. The summed E-state index contributed by atoms with van der Waals surface area (Å²) in [4.78, 5) is 4.46. The van der Waals surface area contributed by atoms with Gasteiger partial charge in [-0.25, -0.2) is 9.50 Å². The second-order valence-corrected chi connectivity index (χ2v) is 7.06. The Morgan fingerprint density at radius 1 is 1.17 bits per heavy atom. The molecule has 0 radical (unpaired) electrons. The van der Waals surface area contributed by atoms with Crippen LogP contribution >= 0.6 is 0 Å². The lowest BCUT2D eigenvalue weighted by Crippen LogP contribution is -2.05. The summed E-state index contributed by atoms with van der Waals surface area (Å²) in [6.07, 6.45) is 9.23. The Kier molecular flexibility index (Phi) is 4.23. The molecule has 3 aromatic heterocycles. The molecule has 0 aliphatic heterocycles. The minimum absolute atomic E-state index is 0.512. The molecule has 0 saturated carbocycles. The van der Waals surface area contributed by atoms with Gasteiger partial charge in [-0.05, 0) is 55.2 Å². The quantitative estimate of drug-likeness (QED) is 0.560. The van der Waals surface area contributed by atoms with Crippen LogP contribution in [0.1, 0.15) is 25.0 Å². The summed E-state index contributed by atoms with van der Waals surface area (Å²) >= 11 is 0. The van der Waals surface area contributed by atoms with Crippen LogP contribution in [0.4, 0.5) is 11.6 Å². The van der Waals surface area contributed by atoms with E-state index in [1.807, 2.05) is 40.5 Å². The van der Waals surface area contributed by atoms with Crippen molar-refractivity contribution in [2.75, 3.05) is 12.4 Å². The fourth-order valence-electron chi connectivity index (χ4n) is 3.70. The average molecular weight is 387 g/mol. The molecule has 1 aromatic carbocycles. The number of ether oxygens (including phenoxy) is 1. The first-order chi connectivity index (χ1) is 14.2. The first kappa shape index (κ1) is 17.4. The lowest BCUT2D eigenvalue weighted by Gasteiger charge is -2.12. The van der Waals surface area contributed by atoms with Crippen molar-refractivity contribution in [2.45, 2.75) is 19.3 Å². The molecule has 0 fully saturated rings. The lowest BCUT2D eigenvalue weighted by atomic mass is 10.1. The minimum Gasteiger partial charge on any atom is -0.495 e. The highest BCUT2D eigenvalue weighted by Crippen LogP contribution is 2.32. The summed E-state index contributed by atoms with van der Waals surface area (Å²) < 4.78 is 9.40. The number of nitrogens with zero attached hydrogens (tertiary/aromatic N) is 6. The number of anilines is 2. The maximum Gasteiger partial charge on any atom is 0.245 e. The van der Waals surface area contributed by atoms with Crippen molar-refractivity contribution in [1.82, 2.24) is 29.4 Å². The van der Waals surface area contributed by atoms with E-state index < -0.39 is 0 Å². The van der Waals surface area contributed by atoms with Crippen molar-refractivity contribution in [3.8, 4) is 17.1 Å². The second kappa shape index (κ2) is 7.05. The van der Waals surface area contributed by atoms with Gasteiger partial charge in [0.05, 0.1) is 30.2 Å². The van der Waals surface area contributed by atoms with Crippen molar-refractivity contribution in [1.29, 1.82) is 0 Å².